The van der Waals surface area contributed by atoms with Crippen LogP contribution in [0.2, 0.25) is 0 Å². The summed E-state index contributed by atoms with van der Waals surface area (Å²) in [4.78, 5) is 27.0. The summed E-state index contributed by atoms with van der Waals surface area (Å²) in [5.41, 5.74) is 1.52. The molecule has 0 spiro atoms. The van der Waals surface area contributed by atoms with Crippen molar-refractivity contribution in [3.8, 4) is 0 Å². The van der Waals surface area contributed by atoms with Crippen molar-refractivity contribution in [2.75, 3.05) is 13.1 Å². The standard InChI is InChI=1S/C22H26FN3O2/c1-2-24-22(28)26-15-18(12-13-20(26)16-8-4-3-5-9-16)21(27)25-14-17-10-6-7-11-19(17)23/h3-11,18,20H,2,12-15H2,1H3,(H,24,28)(H,25,27)/t18-,20+/m1/s1. The summed E-state index contributed by atoms with van der Waals surface area (Å²) in [6.45, 7) is 2.89. The predicted octanol–water partition coefficient (Wildman–Crippen LogP) is 3.62. The molecule has 1 aliphatic heterocycles. The molecule has 3 amide bonds. The van der Waals surface area contributed by atoms with Crippen molar-refractivity contribution in [3.05, 3.63) is 71.5 Å². The molecule has 0 saturated carbocycles. The molecular formula is C22H26FN3O2. The lowest BCUT2D eigenvalue weighted by molar-refractivity contribution is -0.126. The number of benzene rings is 2. The summed E-state index contributed by atoms with van der Waals surface area (Å²) in [5.74, 6) is -0.794. The Labute approximate surface area is 164 Å². The summed E-state index contributed by atoms with van der Waals surface area (Å²) < 4.78 is 13.8. The fourth-order valence-electron chi connectivity index (χ4n) is 3.65. The van der Waals surface area contributed by atoms with Crippen LogP contribution in [0.4, 0.5) is 9.18 Å². The predicted molar refractivity (Wildman–Crippen MR) is 106 cm³/mol. The lowest BCUT2D eigenvalue weighted by Gasteiger charge is -2.39. The Morgan fingerprint density at radius 2 is 1.75 bits per heavy atom. The highest BCUT2D eigenvalue weighted by atomic mass is 19.1. The summed E-state index contributed by atoms with van der Waals surface area (Å²) in [5, 5.41) is 5.66. The molecule has 3 rings (SSSR count). The lowest BCUT2D eigenvalue weighted by atomic mass is 9.88. The molecule has 0 radical (unpaired) electrons. The Bertz CT molecular complexity index is 812. The first-order valence-corrected chi connectivity index (χ1v) is 9.70. The number of halogens is 1. The number of amides is 3. The Hall–Kier alpha value is -2.89. The molecule has 2 N–H and O–H groups in total. The van der Waals surface area contributed by atoms with E-state index in [1.165, 1.54) is 6.07 Å². The van der Waals surface area contributed by atoms with Gasteiger partial charge in [0, 0.05) is 25.2 Å². The average Bonchev–Trinajstić information content (AvgIpc) is 2.73. The van der Waals surface area contributed by atoms with Crippen molar-refractivity contribution in [1.82, 2.24) is 15.5 Å². The summed E-state index contributed by atoms with van der Waals surface area (Å²) in [6, 6.07) is 16.1. The number of hydrogen-bond acceptors (Lipinski definition) is 2. The Morgan fingerprint density at radius 1 is 1.04 bits per heavy atom. The first-order valence-electron chi connectivity index (χ1n) is 9.70. The third-order valence-electron chi connectivity index (χ3n) is 5.14. The van der Waals surface area contributed by atoms with Gasteiger partial charge in [-0.15, -0.1) is 0 Å². The molecule has 5 nitrogen and oxygen atoms in total. The van der Waals surface area contributed by atoms with Crippen LogP contribution in [0.25, 0.3) is 0 Å². The monoisotopic (exact) mass is 383 g/mol. The van der Waals surface area contributed by atoms with Crippen LogP contribution in [0.5, 0.6) is 0 Å². The van der Waals surface area contributed by atoms with Crippen LogP contribution in [-0.4, -0.2) is 29.9 Å². The van der Waals surface area contributed by atoms with Gasteiger partial charge in [-0.2, -0.15) is 0 Å². The molecule has 1 heterocycles. The molecule has 6 heteroatoms. The molecule has 0 aromatic heterocycles. The van der Waals surface area contributed by atoms with Crippen molar-refractivity contribution in [1.29, 1.82) is 0 Å². The van der Waals surface area contributed by atoms with E-state index in [0.717, 1.165) is 5.56 Å². The highest BCUT2D eigenvalue weighted by molar-refractivity contribution is 5.81. The second-order valence-corrected chi connectivity index (χ2v) is 7.00. The molecule has 2 aromatic carbocycles. The van der Waals surface area contributed by atoms with Gasteiger partial charge in [-0.3, -0.25) is 4.79 Å². The summed E-state index contributed by atoms with van der Waals surface area (Å²) >= 11 is 0. The van der Waals surface area contributed by atoms with E-state index < -0.39 is 0 Å². The maximum absolute atomic E-state index is 13.8. The van der Waals surface area contributed by atoms with Crippen LogP contribution in [0.3, 0.4) is 0 Å². The van der Waals surface area contributed by atoms with Gasteiger partial charge in [0.25, 0.3) is 0 Å². The van der Waals surface area contributed by atoms with E-state index in [0.29, 0.717) is 31.5 Å². The summed E-state index contributed by atoms with van der Waals surface area (Å²) in [7, 11) is 0. The topological polar surface area (TPSA) is 61.4 Å². The van der Waals surface area contributed by atoms with E-state index >= 15 is 0 Å². The molecule has 1 saturated heterocycles. The largest absolute Gasteiger partial charge is 0.352 e. The van der Waals surface area contributed by atoms with Crippen LogP contribution in [0.1, 0.15) is 36.9 Å². The smallest absolute Gasteiger partial charge is 0.317 e. The number of carbonyl (C=O) groups is 2. The van der Waals surface area contributed by atoms with Crippen molar-refractivity contribution in [2.24, 2.45) is 5.92 Å². The third-order valence-corrected chi connectivity index (χ3v) is 5.14. The van der Waals surface area contributed by atoms with E-state index in [2.05, 4.69) is 10.6 Å². The van der Waals surface area contributed by atoms with Crippen LogP contribution in [0.15, 0.2) is 54.6 Å². The maximum atomic E-state index is 13.8. The molecule has 0 unspecified atom stereocenters. The van der Waals surface area contributed by atoms with Gasteiger partial charge >= 0.3 is 6.03 Å². The Morgan fingerprint density at radius 3 is 2.46 bits per heavy atom. The van der Waals surface area contributed by atoms with Crippen molar-refractivity contribution in [3.63, 3.8) is 0 Å². The minimum Gasteiger partial charge on any atom is -0.352 e. The number of nitrogens with zero attached hydrogens (tertiary/aromatic N) is 1. The third kappa shape index (κ3) is 4.68. The zero-order valence-electron chi connectivity index (χ0n) is 16.0. The van der Waals surface area contributed by atoms with Crippen LogP contribution < -0.4 is 10.6 Å². The first-order chi connectivity index (χ1) is 13.6. The van der Waals surface area contributed by atoms with E-state index in [-0.39, 0.29) is 36.3 Å². The molecule has 28 heavy (non-hydrogen) atoms. The number of piperidine rings is 1. The molecular weight excluding hydrogens is 357 g/mol. The zero-order chi connectivity index (χ0) is 19.9. The Balaban J connectivity index is 1.68. The van der Waals surface area contributed by atoms with E-state index in [9.17, 15) is 14.0 Å². The zero-order valence-corrected chi connectivity index (χ0v) is 16.0. The van der Waals surface area contributed by atoms with Gasteiger partial charge in [-0.25, -0.2) is 9.18 Å². The molecule has 2 atom stereocenters. The number of carbonyl (C=O) groups excluding carboxylic acids is 2. The fourth-order valence-corrected chi connectivity index (χ4v) is 3.65. The van der Waals surface area contributed by atoms with Crippen molar-refractivity contribution >= 4 is 11.9 Å². The summed E-state index contributed by atoms with van der Waals surface area (Å²) in [6.07, 6.45) is 1.39. The van der Waals surface area contributed by atoms with Gasteiger partial charge in [0.15, 0.2) is 0 Å². The van der Waals surface area contributed by atoms with Gasteiger partial charge in [0.2, 0.25) is 5.91 Å². The molecule has 148 valence electrons. The second kappa shape index (κ2) is 9.35. The molecule has 0 bridgehead atoms. The maximum Gasteiger partial charge on any atom is 0.317 e. The van der Waals surface area contributed by atoms with Crippen LogP contribution in [0, 0.1) is 11.7 Å². The van der Waals surface area contributed by atoms with E-state index in [1.807, 2.05) is 37.3 Å². The quantitative estimate of drug-likeness (QED) is 0.828. The van der Waals surface area contributed by atoms with E-state index in [1.54, 1.807) is 23.1 Å². The first kappa shape index (κ1) is 19.9. The van der Waals surface area contributed by atoms with Gasteiger partial charge in [-0.1, -0.05) is 48.5 Å². The number of hydrogen-bond donors (Lipinski definition) is 2. The van der Waals surface area contributed by atoms with Crippen molar-refractivity contribution < 1.29 is 14.0 Å². The number of likely N-dealkylation sites (tertiary alicyclic amines) is 1. The van der Waals surface area contributed by atoms with Crippen molar-refractivity contribution in [2.45, 2.75) is 32.4 Å². The Kier molecular flexibility index (Phi) is 6.63. The van der Waals surface area contributed by atoms with Gasteiger partial charge < -0.3 is 15.5 Å². The molecule has 2 aromatic rings. The number of nitrogens with one attached hydrogen (secondary N) is 2. The highest BCUT2D eigenvalue weighted by Crippen LogP contribution is 2.33. The lowest BCUT2D eigenvalue weighted by Crippen LogP contribution is -2.50. The highest BCUT2D eigenvalue weighted by Gasteiger charge is 2.35. The second-order valence-electron chi connectivity index (χ2n) is 7.00. The molecule has 1 fully saturated rings. The van der Waals surface area contributed by atoms with Gasteiger partial charge in [-0.05, 0) is 31.4 Å². The van der Waals surface area contributed by atoms with E-state index in [4.69, 9.17) is 0 Å². The number of rotatable bonds is 5. The normalized spacial score (nSPS) is 19.1. The SMILES string of the molecule is CCNC(=O)N1C[C@H](C(=O)NCc2ccccc2F)CC[C@H]1c1ccccc1. The molecule has 1 aliphatic rings. The fraction of sp³-hybridized carbons (Fsp3) is 0.364. The van der Waals surface area contributed by atoms with Gasteiger partial charge in [0.1, 0.15) is 5.82 Å². The average molecular weight is 383 g/mol. The minimum atomic E-state index is -0.334. The van der Waals surface area contributed by atoms with Crippen LogP contribution in [-0.2, 0) is 11.3 Å². The number of urea groups is 1. The van der Waals surface area contributed by atoms with Crippen LogP contribution >= 0.6 is 0 Å². The molecule has 0 aliphatic carbocycles. The van der Waals surface area contributed by atoms with Gasteiger partial charge in [0.05, 0.1) is 12.0 Å². The minimum absolute atomic E-state index is 0.0524.